The van der Waals surface area contributed by atoms with Gasteiger partial charge in [0.15, 0.2) is 0 Å². The molecule has 1 aromatic rings. The molecule has 1 aliphatic carbocycles. The van der Waals surface area contributed by atoms with Crippen molar-refractivity contribution in [1.82, 2.24) is 5.32 Å². The zero-order chi connectivity index (χ0) is 13.5. The van der Waals surface area contributed by atoms with E-state index >= 15 is 0 Å². The predicted molar refractivity (Wildman–Crippen MR) is 87.2 cm³/mol. The van der Waals surface area contributed by atoms with E-state index in [9.17, 15) is 0 Å². The van der Waals surface area contributed by atoms with E-state index in [2.05, 4.69) is 58.5 Å². The van der Waals surface area contributed by atoms with Crippen molar-refractivity contribution < 1.29 is 0 Å². The number of likely N-dealkylation sites (N-methyl/N-ethyl adjacent to an activating group) is 1. The third-order valence-corrected chi connectivity index (χ3v) is 4.68. The number of hydrogen-bond acceptors (Lipinski definition) is 1. The van der Waals surface area contributed by atoms with Crippen LogP contribution in [0.2, 0.25) is 0 Å². The average Bonchev–Trinajstić information content (AvgIpc) is 2.46. The summed E-state index contributed by atoms with van der Waals surface area (Å²) in [5, 5.41) is 3.50. The summed E-state index contributed by atoms with van der Waals surface area (Å²) in [5.74, 6) is 0.778. The molecule has 0 saturated heterocycles. The van der Waals surface area contributed by atoms with E-state index in [1.165, 1.54) is 42.1 Å². The van der Waals surface area contributed by atoms with Crippen molar-refractivity contribution >= 4 is 22.0 Å². The maximum atomic E-state index is 3.65. The Balaban J connectivity index is 2.18. The summed E-state index contributed by atoms with van der Waals surface area (Å²) in [7, 11) is 0. The molecule has 0 aromatic heterocycles. The van der Waals surface area contributed by atoms with Gasteiger partial charge in [0.25, 0.3) is 0 Å². The number of hydrogen-bond donors (Lipinski definition) is 1. The summed E-state index contributed by atoms with van der Waals surface area (Å²) in [6, 6.07) is 8.50. The van der Waals surface area contributed by atoms with Crippen LogP contribution in [0, 0.1) is 5.92 Å². The number of rotatable bonds is 5. The molecule has 19 heavy (non-hydrogen) atoms. The molecule has 0 bridgehead atoms. The van der Waals surface area contributed by atoms with Crippen molar-refractivity contribution in [2.45, 2.75) is 39.0 Å². The first kappa shape index (κ1) is 14.8. The van der Waals surface area contributed by atoms with Crippen LogP contribution >= 0.6 is 15.9 Å². The van der Waals surface area contributed by atoms with Gasteiger partial charge in [0, 0.05) is 11.0 Å². The fraction of sp³-hybridized carbons (Fsp3) is 0.529. The molecule has 0 amide bonds. The summed E-state index contributed by atoms with van der Waals surface area (Å²) < 4.78 is 1.19. The van der Waals surface area contributed by atoms with Gasteiger partial charge in [0.1, 0.15) is 0 Å². The lowest BCUT2D eigenvalue weighted by molar-refractivity contribution is 0.397. The highest BCUT2D eigenvalue weighted by Crippen LogP contribution is 2.31. The predicted octanol–water partition coefficient (Wildman–Crippen LogP) is 5.02. The molecular formula is C17H24BrN. The highest BCUT2D eigenvalue weighted by atomic mass is 79.9. The zero-order valence-corrected chi connectivity index (χ0v) is 13.4. The van der Waals surface area contributed by atoms with Crippen molar-refractivity contribution in [3.63, 3.8) is 0 Å². The van der Waals surface area contributed by atoms with Crippen LogP contribution in [-0.4, -0.2) is 13.1 Å². The van der Waals surface area contributed by atoms with Crippen LogP contribution in [0.1, 0.15) is 44.6 Å². The third kappa shape index (κ3) is 4.47. The summed E-state index contributed by atoms with van der Waals surface area (Å²) in [6.45, 7) is 4.25. The first-order valence-electron chi connectivity index (χ1n) is 7.47. The van der Waals surface area contributed by atoms with Gasteiger partial charge in [-0.15, -0.1) is 0 Å². The molecule has 1 N–H and O–H groups in total. The van der Waals surface area contributed by atoms with Gasteiger partial charge in [-0.3, -0.25) is 0 Å². The quantitative estimate of drug-likeness (QED) is 0.802. The molecule has 1 nitrogen and oxygen atoms in total. The third-order valence-electron chi connectivity index (χ3n) is 3.95. The van der Waals surface area contributed by atoms with Crippen LogP contribution in [0.4, 0.5) is 0 Å². The van der Waals surface area contributed by atoms with E-state index in [0.29, 0.717) is 0 Å². The molecule has 0 radical (unpaired) electrons. The number of nitrogens with one attached hydrogen (secondary N) is 1. The molecule has 0 heterocycles. The Morgan fingerprint density at radius 1 is 1.26 bits per heavy atom. The minimum atomic E-state index is 0.778. The van der Waals surface area contributed by atoms with Gasteiger partial charge >= 0.3 is 0 Å². The lowest BCUT2D eigenvalue weighted by Gasteiger charge is -2.25. The zero-order valence-electron chi connectivity index (χ0n) is 11.8. The van der Waals surface area contributed by atoms with Crippen molar-refractivity contribution in [3.05, 3.63) is 39.9 Å². The topological polar surface area (TPSA) is 12.0 Å². The molecule has 104 valence electrons. The minimum Gasteiger partial charge on any atom is -0.313 e. The monoisotopic (exact) mass is 321 g/mol. The molecule has 0 unspecified atom stereocenters. The van der Waals surface area contributed by atoms with Gasteiger partial charge in [0.2, 0.25) is 0 Å². The second-order valence-corrected chi connectivity index (χ2v) is 6.21. The molecule has 2 rings (SSSR count). The van der Waals surface area contributed by atoms with Crippen molar-refractivity contribution in [2.24, 2.45) is 5.92 Å². The van der Waals surface area contributed by atoms with Crippen LogP contribution in [0.15, 0.2) is 34.3 Å². The van der Waals surface area contributed by atoms with Crippen LogP contribution < -0.4 is 5.32 Å². The Labute approximate surface area is 125 Å². The Bertz CT molecular complexity index is 419. The summed E-state index contributed by atoms with van der Waals surface area (Å²) in [4.78, 5) is 0. The number of benzene rings is 1. The highest BCUT2D eigenvalue weighted by molar-refractivity contribution is 9.10. The van der Waals surface area contributed by atoms with Crippen LogP contribution in [-0.2, 0) is 0 Å². The standard InChI is InChI=1S/C17H24BrN/c1-2-19-13-16(14-8-4-3-5-9-14)12-15-10-6-7-11-17(15)18/h6-7,10-12,14,19H,2-5,8-9,13H2,1H3. The molecule has 1 aromatic carbocycles. The summed E-state index contributed by atoms with van der Waals surface area (Å²) in [6.07, 6.45) is 9.32. The second kappa shape index (κ2) is 7.86. The van der Waals surface area contributed by atoms with Crippen LogP contribution in [0.3, 0.4) is 0 Å². The lowest BCUT2D eigenvalue weighted by Crippen LogP contribution is -2.22. The molecule has 1 saturated carbocycles. The molecule has 1 aliphatic rings. The van der Waals surface area contributed by atoms with Crippen LogP contribution in [0.25, 0.3) is 6.08 Å². The average molecular weight is 322 g/mol. The van der Waals surface area contributed by atoms with Gasteiger partial charge in [0.05, 0.1) is 0 Å². The van der Waals surface area contributed by atoms with Crippen molar-refractivity contribution in [3.8, 4) is 0 Å². The Hall–Kier alpha value is -0.600. The largest absolute Gasteiger partial charge is 0.313 e. The van der Waals surface area contributed by atoms with E-state index in [0.717, 1.165) is 19.0 Å². The van der Waals surface area contributed by atoms with E-state index in [-0.39, 0.29) is 0 Å². The Kier molecular flexibility index (Phi) is 6.12. The van der Waals surface area contributed by atoms with Gasteiger partial charge in [-0.25, -0.2) is 0 Å². The molecule has 0 spiro atoms. The fourth-order valence-electron chi connectivity index (χ4n) is 2.85. The Morgan fingerprint density at radius 3 is 2.68 bits per heavy atom. The highest BCUT2D eigenvalue weighted by Gasteiger charge is 2.17. The molecule has 0 atom stereocenters. The molecule has 0 aliphatic heterocycles. The molecular weight excluding hydrogens is 298 g/mol. The first-order chi connectivity index (χ1) is 9.31. The Morgan fingerprint density at radius 2 is 2.00 bits per heavy atom. The van der Waals surface area contributed by atoms with E-state index in [1.54, 1.807) is 5.57 Å². The summed E-state index contributed by atoms with van der Waals surface area (Å²) in [5.41, 5.74) is 2.88. The second-order valence-electron chi connectivity index (χ2n) is 5.36. The maximum absolute atomic E-state index is 3.65. The van der Waals surface area contributed by atoms with Crippen molar-refractivity contribution in [2.75, 3.05) is 13.1 Å². The van der Waals surface area contributed by atoms with E-state index in [1.807, 2.05) is 0 Å². The fourth-order valence-corrected chi connectivity index (χ4v) is 3.25. The van der Waals surface area contributed by atoms with Crippen molar-refractivity contribution in [1.29, 1.82) is 0 Å². The molecule has 2 heteroatoms. The number of halogens is 1. The first-order valence-corrected chi connectivity index (χ1v) is 8.26. The maximum Gasteiger partial charge on any atom is 0.0247 e. The summed E-state index contributed by atoms with van der Waals surface area (Å²) >= 11 is 3.65. The van der Waals surface area contributed by atoms with Gasteiger partial charge < -0.3 is 5.32 Å². The van der Waals surface area contributed by atoms with Gasteiger partial charge in [-0.1, -0.05) is 72.0 Å². The van der Waals surface area contributed by atoms with Gasteiger partial charge in [-0.2, -0.15) is 0 Å². The SMILES string of the molecule is CCNCC(=Cc1ccccc1Br)C1CCCCC1. The lowest BCUT2D eigenvalue weighted by atomic mass is 9.83. The van der Waals surface area contributed by atoms with E-state index in [4.69, 9.17) is 0 Å². The van der Waals surface area contributed by atoms with Gasteiger partial charge in [-0.05, 0) is 36.9 Å². The normalized spacial score (nSPS) is 17.7. The van der Waals surface area contributed by atoms with Crippen LogP contribution in [0.5, 0.6) is 0 Å². The smallest absolute Gasteiger partial charge is 0.0247 e. The van der Waals surface area contributed by atoms with E-state index < -0.39 is 0 Å². The molecule has 1 fully saturated rings. The minimum absolute atomic E-state index is 0.778.